The minimum atomic E-state index is -2.03. The van der Waals surface area contributed by atoms with E-state index in [9.17, 15) is 70.6 Å². The zero-order chi connectivity index (χ0) is 60.1. The van der Waals surface area contributed by atoms with Gasteiger partial charge in [-0.15, -0.1) is 0 Å². The van der Waals surface area contributed by atoms with Crippen molar-refractivity contribution in [2.24, 2.45) is 62.1 Å². The third kappa shape index (κ3) is 10.6. The zero-order valence-corrected chi connectivity index (χ0v) is 49.1. The summed E-state index contributed by atoms with van der Waals surface area (Å²) in [5, 5.41) is 118. The Hall–Kier alpha value is -2.37. The maximum atomic E-state index is 13.9. The Morgan fingerprint density at radius 1 is 0.720 bits per heavy atom. The monoisotopic (exact) mass is 1170 g/mol. The number of hydrogen-bond donors (Lipinski definition) is 11. The van der Waals surface area contributed by atoms with Crippen LogP contribution in [0.2, 0.25) is 0 Å². The zero-order valence-electron chi connectivity index (χ0n) is 49.1. The highest BCUT2D eigenvalue weighted by Crippen LogP contribution is 2.76. The quantitative estimate of drug-likeness (QED) is 0.0475. The summed E-state index contributed by atoms with van der Waals surface area (Å²) in [6.45, 7) is 20.0. The van der Waals surface area contributed by atoms with E-state index in [2.05, 4.69) is 54.5 Å². The average Bonchev–Trinajstić information content (AvgIpc) is 0.861. The van der Waals surface area contributed by atoms with Crippen molar-refractivity contribution in [1.82, 2.24) is 0 Å². The second-order valence-electron chi connectivity index (χ2n) is 27.7. The first kappa shape index (κ1) is 64.1. The third-order valence-electron chi connectivity index (χ3n) is 23.0. The number of allylic oxidation sites excluding steroid dienone is 2. The molecule has 0 aromatic rings. The Morgan fingerprint density at radius 2 is 1.33 bits per heavy atom. The summed E-state index contributed by atoms with van der Waals surface area (Å²) in [5.41, 5.74) is -0.510. The predicted octanol–water partition coefficient (Wildman–Crippen LogP) is 1.22. The van der Waals surface area contributed by atoms with E-state index in [0.717, 1.165) is 51.2 Å². The molecule has 0 radical (unpaired) electrons. The van der Waals surface area contributed by atoms with Gasteiger partial charge in [0, 0.05) is 11.8 Å². The minimum Gasteiger partial charge on any atom is -0.479 e. The molecule has 468 valence electrons. The molecule has 0 aromatic heterocycles. The highest BCUT2D eigenvalue weighted by molar-refractivity contribution is 5.73. The number of carbonyl (C=O) groups is 3. The standard InChI is InChI=1S/C59H94O23/c1-11-26(2)50(73)82-48-27(3)55(6)18-19-58(9)28(29(55)21-54(48,4)5)12-13-35-56(7)16-15-36(57(8,25-62)34(56)14-17-59(35,58)10)78-37-20-31(41(67)45(79-37)49(71)72)75-52-46(42(68)39(65)32(22-60)76-52)81-53-47(43(69)40(66)33(23-61)77-53)80-51-44(70)38(64)30(63)24-74-51/h12,25-27,29-48,51-53,60-61,63-70H,11,13-24H2,1-10H3,(H,71,72)/t26?,27-,29-,30+,31+,32+,33+,34+,35+,36-,37+,38-,39+,40+,41-,42-,43-,44+,45-,46+,47+,48-,51-,52+,53-,55-,56-,57-,58+,59+/m0/s1. The Morgan fingerprint density at radius 3 is 1.91 bits per heavy atom. The maximum Gasteiger partial charge on any atom is 0.335 e. The largest absolute Gasteiger partial charge is 0.479 e. The molecule has 4 saturated carbocycles. The summed E-state index contributed by atoms with van der Waals surface area (Å²) < 4.78 is 54.4. The van der Waals surface area contributed by atoms with E-state index in [1.54, 1.807) is 0 Å². The Bertz CT molecular complexity index is 2320. The molecule has 9 aliphatic rings. The Balaban J connectivity index is 0.941. The normalized spacial score (nSPS) is 52.4. The van der Waals surface area contributed by atoms with Crippen LogP contribution in [0.4, 0.5) is 0 Å². The molecular formula is C59H94O23. The van der Waals surface area contributed by atoms with Crippen molar-refractivity contribution >= 4 is 18.2 Å². The fraction of sp³-hybridized carbons (Fsp3) is 0.915. The highest BCUT2D eigenvalue weighted by Gasteiger charge is 2.70. The van der Waals surface area contributed by atoms with Gasteiger partial charge in [0.05, 0.1) is 43.4 Å². The number of aliphatic hydroxyl groups is 10. The van der Waals surface area contributed by atoms with Crippen LogP contribution in [0.5, 0.6) is 0 Å². The first-order valence-corrected chi connectivity index (χ1v) is 29.9. The van der Waals surface area contributed by atoms with Crippen LogP contribution in [0.25, 0.3) is 0 Å². The first-order valence-electron chi connectivity index (χ1n) is 29.9. The molecule has 23 heteroatoms. The number of rotatable bonds is 15. The van der Waals surface area contributed by atoms with E-state index in [0.29, 0.717) is 18.8 Å². The van der Waals surface area contributed by atoms with E-state index in [1.807, 2.05) is 20.8 Å². The van der Waals surface area contributed by atoms with Gasteiger partial charge in [-0.2, -0.15) is 0 Å². The van der Waals surface area contributed by atoms with Gasteiger partial charge in [-0.05, 0) is 103 Å². The molecule has 0 aromatic carbocycles. The lowest BCUT2D eigenvalue weighted by Crippen LogP contribution is -2.67. The smallest absolute Gasteiger partial charge is 0.335 e. The van der Waals surface area contributed by atoms with Gasteiger partial charge in [0.1, 0.15) is 85.6 Å². The number of aliphatic hydroxyl groups excluding tert-OH is 10. The van der Waals surface area contributed by atoms with Gasteiger partial charge in [0.15, 0.2) is 31.3 Å². The van der Waals surface area contributed by atoms with Gasteiger partial charge in [-0.3, -0.25) is 4.79 Å². The van der Waals surface area contributed by atoms with E-state index < -0.39 is 148 Å². The molecule has 0 spiro atoms. The van der Waals surface area contributed by atoms with E-state index in [1.165, 1.54) is 5.57 Å². The fourth-order valence-corrected chi connectivity index (χ4v) is 17.3. The molecule has 4 aliphatic heterocycles. The SMILES string of the molecule is CCC(C)C(=O)O[C@H]1[C@H](C)[C@]2(C)CC[C@]3(C)C(=CC[C@@H]4[C@@]5(C)CC[C@H](O[C@H]6C[C@@H](O[C@@H]7O[C@H](CO)[C@@H](O)[C@H](O)[C@H]7O[C@@H]7O[C@H](CO)[C@@H](O)[C@H](O)[C@H]7O[C@@H]7OC[C@@H](O)[C@H](O)[C@H]7O)[C@H](O)[C@@H](C(=O)O)O6)[C@@](C)(C=O)[C@@H]5CC[C@]43C)[C@@H]2CC1(C)C. The fourth-order valence-electron chi connectivity index (χ4n) is 17.3. The van der Waals surface area contributed by atoms with E-state index in [4.69, 9.17) is 42.6 Å². The van der Waals surface area contributed by atoms with Gasteiger partial charge in [0.25, 0.3) is 0 Å². The molecule has 30 atom stereocenters. The van der Waals surface area contributed by atoms with E-state index >= 15 is 0 Å². The number of aldehydes is 1. The van der Waals surface area contributed by atoms with Crippen molar-refractivity contribution in [1.29, 1.82) is 0 Å². The molecule has 4 heterocycles. The van der Waals surface area contributed by atoms with Gasteiger partial charge in [-0.25, -0.2) is 4.79 Å². The summed E-state index contributed by atoms with van der Waals surface area (Å²) in [6.07, 6.45) is -23.1. The predicted molar refractivity (Wildman–Crippen MR) is 284 cm³/mol. The molecule has 1 unspecified atom stereocenters. The van der Waals surface area contributed by atoms with Crippen LogP contribution < -0.4 is 0 Å². The molecular weight excluding hydrogens is 1080 g/mol. The van der Waals surface area contributed by atoms with Crippen molar-refractivity contribution in [3.63, 3.8) is 0 Å². The van der Waals surface area contributed by atoms with Crippen LogP contribution in [0.1, 0.15) is 133 Å². The van der Waals surface area contributed by atoms with Crippen LogP contribution >= 0.6 is 0 Å². The number of carbonyl (C=O) groups excluding carboxylic acids is 2. The van der Waals surface area contributed by atoms with Gasteiger partial charge < -0.3 is 104 Å². The topological polar surface area (TPSA) is 357 Å². The molecule has 5 aliphatic carbocycles. The van der Waals surface area contributed by atoms with Crippen molar-refractivity contribution in [3.05, 3.63) is 11.6 Å². The minimum absolute atomic E-state index is 0.0815. The van der Waals surface area contributed by atoms with Gasteiger partial charge in [-0.1, -0.05) is 80.9 Å². The Kier molecular flexibility index (Phi) is 18.5. The maximum absolute atomic E-state index is 13.9. The summed E-state index contributed by atoms with van der Waals surface area (Å²) in [7, 11) is 0. The van der Waals surface area contributed by atoms with Gasteiger partial charge in [0.2, 0.25) is 0 Å². The molecule has 9 rings (SSSR count). The number of ether oxygens (including phenoxy) is 9. The summed E-state index contributed by atoms with van der Waals surface area (Å²) in [5.74, 6) is -1.41. The number of hydrogen-bond acceptors (Lipinski definition) is 22. The molecule has 11 N–H and O–H groups in total. The highest BCUT2D eigenvalue weighted by atomic mass is 16.8. The van der Waals surface area contributed by atoms with Crippen LogP contribution in [0.15, 0.2) is 11.6 Å². The molecule has 8 fully saturated rings. The summed E-state index contributed by atoms with van der Waals surface area (Å²) >= 11 is 0. The first-order chi connectivity index (χ1) is 38.4. The van der Waals surface area contributed by atoms with Crippen LogP contribution in [-0.2, 0) is 57.0 Å². The molecule has 23 nitrogen and oxygen atoms in total. The number of aliphatic carboxylic acids is 1. The molecule has 0 amide bonds. The van der Waals surface area contributed by atoms with Crippen LogP contribution in [0.3, 0.4) is 0 Å². The van der Waals surface area contributed by atoms with Crippen molar-refractivity contribution in [2.45, 2.75) is 256 Å². The lowest BCUT2D eigenvalue weighted by atomic mass is 9.33. The molecule has 4 saturated heterocycles. The van der Waals surface area contributed by atoms with E-state index in [-0.39, 0.29) is 69.2 Å². The average molecular weight is 1170 g/mol. The third-order valence-corrected chi connectivity index (χ3v) is 23.0. The lowest BCUT2D eigenvalue weighted by molar-refractivity contribution is -0.396. The van der Waals surface area contributed by atoms with Gasteiger partial charge >= 0.3 is 11.9 Å². The lowest BCUT2D eigenvalue weighted by Gasteiger charge is -2.72. The van der Waals surface area contributed by atoms with Crippen molar-refractivity contribution < 1.29 is 113 Å². The molecule has 82 heavy (non-hydrogen) atoms. The number of carboxylic acids is 1. The summed E-state index contributed by atoms with van der Waals surface area (Å²) in [4.78, 5) is 40.1. The second-order valence-corrected chi connectivity index (χ2v) is 27.7. The van der Waals surface area contributed by atoms with Crippen molar-refractivity contribution in [3.8, 4) is 0 Å². The Labute approximate surface area is 479 Å². The molecule has 0 bridgehead atoms. The van der Waals surface area contributed by atoms with Crippen LogP contribution in [-0.4, -0.2) is 217 Å². The van der Waals surface area contributed by atoms with Crippen molar-refractivity contribution in [2.75, 3.05) is 19.8 Å². The number of carboxylic acid groups (broad SMARTS) is 1. The van der Waals surface area contributed by atoms with Crippen LogP contribution in [0, 0.1) is 62.1 Å². The second kappa shape index (κ2) is 23.6. The number of esters is 1. The number of fused-ring (bicyclic) bond motifs is 7. The summed E-state index contributed by atoms with van der Waals surface area (Å²) in [6, 6.07) is 0.